The molecule has 0 unspecified atom stereocenters. The molecule has 21 heavy (non-hydrogen) atoms. The van der Waals surface area contributed by atoms with Gasteiger partial charge in [0.25, 0.3) is 0 Å². The maximum Gasteiger partial charge on any atom is 0.205 e. The fraction of sp³-hybridized carbons (Fsp3) is 0.312. The summed E-state index contributed by atoms with van der Waals surface area (Å²) < 4.78 is 0. The molecule has 0 aliphatic carbocycles. The molecular weight excluding hydrogens is 280 g/mol. The van der Waals surface area contributed by atoms with Crippen LogP contribution in [0.25, 0.3) is 21.5 Å². The van der Waals surface area contributed by atoms with Crippen LogP contribution in [0.15, 0.2) is 24.3 Å². The van der Waals surface area contributed by atoms with Gasteiger partial charge in [0.15, 0.2) is 0 Å². The van der Waals surface area contributed by atoms with Crippen molar-refractivity contribution in [1.29, 1.82) is 0 Å². The standard InChI is InChI=1S/C16H18N4S/c1-9(2)11-6-5-7-12-13(8-10(3)18-14(11)12)15-19-20-16(17-4)21-15/h5-9H,1-4H3,(H,17,20). The molecular formula is C16H18N4S. The number of hydrogen-bond donors (Lipinski definition) is 1. The molecule has 108 valence electrons. The normalized spacial score (nSPS) is 11.3. The Hall–Kier alpha value is -2.01. The molecule has 3 rings (SSSR count). The number of aromatic nitrogens is 3. The molecule has 0 aliphatic heterocycles. The molecule has 1 N–H and O–H groups in total. The molecule has 0 aliphatic rings. The van der Waals surface area contributed by atoms with Gasteiger partial charge in [-0.2, -0.15) is 0 Å². The Morgan fingerprint density at radius 3 is 2.67 bits per heavy atom. The Balaban J connectivity index is 2.30. The van der Waals surface area contributed by atoms with Crippen molar-refractivity contribution in [3.8, 4) is 10.6 Å². The third kappa shape index (κ3) is 2.49. The number of rotatable bonds is 3. The lowest BCUT2D eigenvalue weighted by Gasteiger charge is -2.12. The molecule has 0 bridgehead atoms. The summed E-state index contributed by atoms with van der Waals surface area (Å²) in [5.74, 6) is 0.443. The summed E-state index contributed by atoms with van der Waals surface area (Å²) in [7, 11) is 1.86. The first-order chi connectivity index (χ1) is 10.1. The van der Waals surface area contributed by atoms with Crippen LogP contribution in [-0.2, 0) is 0 Å². The molecule has 2 heterocycles. The van der Waals surface area contributed by atoms with Crippen LogP contribution in [-0.4, -0.2) is 22.2 Å². The number of anilines is 1. The van der Waals surface area contributed by atoms with E-state index in [2.05, 4.69) is 53.6 Å². The number of hydrogen-bond acceptors (Lipinski definition) is 5. The number of pyridine rings is 1. The quantitative estimate of drug-likeness (QED) is 0.786. The Morgan fingerprint density at radius 2 is 2.00 bits per heavy atom. The Morgan fingerprint density at radius 1 is 1.19 bits per heavy atom. The van der Waals surface area contributed by atoms with E-state index in [1.54, 1.807) is 11.3 Å². The van der Waals surface area contributed by atoms with Gasteiger partial charge in [0.05, 0.1) is 5.52 Å². The number of fused-ring (bicyclic) bond motifs is 1. The molecule has 0 saturated heterocycles. The first-order valence-electron chi connectivity index (χ1n) is 7.02. The highest BCUT2D eigenvalue weighted by molar-refractivity contribution is 7.18. The van der Waals surface area contributed by atoms with Crippen molar-refractivity contribution in [2.75, 3.05) is 12.4 Å². The van der Waals surface area contributed by atoms with E-state index in [4.69, 9.17) is 4.98 Å². The van der Waals surface area contributed by atoms with E-state index in [1.807, 2.05) is 14.0 Å². The highest BCUT2D eigenvalue weighted by atomic mass is 32.1. The minimum Gasteiger partial charge on any atom is -0.363 e. The van der Waals surface area contributed by atoms with Crippen molar-refractivity contribution in [1.82, 2.24) is 15.2 Å². The number of benzene rings is 1. The van der Waals surface area contributed by atoms with Crippen molar-refractivity contribution in [3.63, 3.8) is 0 Å². The highest BCUT2D eigenvalue weighted by Crippen LogP contribution is 2.34. The van der Waals surface area contributed by atoms with Gasteiger partial charge in [0.2, 0.25) is 5.13 Å². The average Bonchev–Trinajstić information content (AvgIpc) is 2.94. The summed E-state index contributed by atoms with van der Waals surface area (Å²) in [6.45, 7) is 6.42. The second-order valence-electron chi connectivity index (χ2n) is 5.37. The topological polar surface area (TPSA) is 50.7 Å². The summed E-state index contributed by atoms with van der Waals surface area (Å²) in [6, 6.07) is 8.45. The van der Waals surface area contributed by atoms with Crippen LogP contribution >= 0.6 is 11.3 Å². The lowest BCUT2D eigenvalue weighted by Crippen LogP contribution is -1.95. The van der Waals surface area contributed by atoms with Gasteiger partial charge < -0.3 is 5.32 Å². The molecule has 4 nitrogen and oxygen atoms in total. The first kappa shape index (κ1) is 13.9. The smallest absolute Gasteiger partial charge is 0.205 e. The summed E-state index contributed by atoms with van der Waals surface area (Å²) in [5.41, 5.74) is 4.46. The molecule has 0 saturated carbocycles. The maximum atomic E-state index is 4.75. The van der Waals surface area contributed by atoms with Crippen molar-refractivity contribution >= 4 is 27.4 Å². The van der Waals surface area contributed by atoms with Crippen molar-refractivity contribution < 1.29 is 0 Å². The summed E-state index contributed by atoms with van der Waals surface area (Å²) in [5, 5.41) is 14.4. The highest BCUT2D eigenvalue weighted by Gasteiger charge is 2.14. The monoisotopic (exact) mass is 298 g/mol. The molecule has 0 amide bonds. The van der Waals surface area contributed by atoms with Gasteiger partial charge in [-0.1, -0.05) is 43.4 Å². The average molecular weight is 298 g/mol. The number of nitrogens with zero attached hydrogens (tertiary/aromatic N) is 3. The summed E-state index contributed by atoms with van der Waals surface area (Å²) in [4.78, 5) is 4.75. The van der Waals surface area contributed by atoms with Crippen molar-refractivity contribution in [2.24, 2.45) is 0 Å². The number of nitrogens with one attached hydrogen (secondary N) is 1. The molecule has 1 aromatic carbocycles. The van der Waals surface area contributed by atoms with Gasteiger partial charge in [0.1, 0.15) is 5.01 Å². The molecule has 0 radical (unpaired) electrons. The number of aryl methyl sites for hydroxylation is 1. The van der Waals surface area contributed by atoms with E-state index in [1.165, 1.54) is 5.56 Å². The third-order valence-corrected chi connectivity index (χ3v) is 4.46. The van der Waals surface area contributed by atoms with Crippen LogP contribution in [0, 0.1) is 6.92 Å². The SMILES string of the molecule is CNc1nnc(-c2cc(C)nc3c(C(C)C)cccc23)s1. The van der Waals surface area contributed by atoms with Gasteiger partial charge in [-0.25, -0.2) is 0 Å². The lowest BCUT2D eigenvalue weighted by molar-refractivity contribution is 0.872. The van der Waals surface area contributed by atoms with Crippen LogP contribution in [0.3, 0.4) is 0 Å². The van der Waals surface area contributed by atoms with Crippen LogP contribution in [0.5, 0.6) is 0 Å². The van der Waals surface area contributed by atoms with Crippen LogP contribution in [0.2, 0.25) is 0 Å². The van der Waals surface area contributed by atoms with Gasteiger partial charge >= 0.3 is 0 Å². The predicted octanol–water partition coefficient (Wildman–Crippen LogP) is 4.23. The Labute approximate surface area is 128 Å². The maximum absolute atomic E-state index is 4.75. The zero-order valence-electron chi connectivity index (χ0n) is 12.6. The largest absolute Gasteiger partial charge is 0.363 e. The van der Waals surface area contributed by atoms with E-state index < -0.39 is 0 Å². The molecule has 0 atom stereocenters. The van der Waals surface area contributed by atoms with E-state index in [9.17, 15) is 0 Å². The van der Waals surface area contributed by atoms with Gasteiger partial charge in [-0.05, 0) is 24.5 Å². The first-order valence-corrected chi connectivity index (χ1v) is 7.83. The van der Waals surface area contributed by atoms with Crippen LogP contribution in [0.1, 0.15) is 31.0 Å². The van der Waals surface area contributed by atoms with E-state index in [-0.39, 0.29) is 0 Å². The van der Waals surface area contributed by atoms with E-state index in [0.717, 1.165) is 32.3 Å². The molecule has 5 heteroatoms. The van der Waals surface area contributed by atoms with E-state index in [0.29, 0.717) is 5.92 Å². The molecule has 2 aromatic heterocycles. The molecule has 0 spiro atoms. The molecule has 0 fully saturated rings. The van der Waals surface area contributed by atoms with E-state index >= 15 is 0 Å². The minimum absolute atomic E-state index is 0.443. The summed E-state index contributed by atoms with van der Waals surface area (Å²) in [6.07, 6.45) is 0. The third-order valence-electron chi connectivity index (χ3n) is 3.49. The van der Waals surface area contributed by atoms with Gasteiger partial charge in [-0.3, -0.25) is 4.98 Å². The summed E-state index contributed by atoms with van der Waals surface area (Å²) >= 11 is 1.56. The Bertz CT molecular complexity index is 792. The van der Waals surface area contributed by atoms with Crippen LogP contribution in [0.4, 0.5) is 5.13 Å². The second kappa shape index (κ2) is 5.41. The molecule has 3 aromatic rings. The minimum atomic E-state index is 0.443. The lowest BCUT2D eigenvalue weighted by atomic mass is 9.97. The van der Waals surface area contributed by atoms with Crippen molar-refractivity contribution in [3.05, 3.63) is 35.5 Å². The fourth-order valence-corrected chi connectivity index (χ4v) is 3.20. The van der Waals surface area contributed by atoms with Gasteiger partial charge in [-0.15, -0.1) is 10.2 Å². The number of para-hydroxylation sites is 1. The second-order valence-corrected chi connectivity index (χ2v) is 6.35. The van der Waals surface area contributed by atoms with Crippen molar-refractivity contribution in [2.45, 2.75) is 26.7 Å². The van der Waals surface area contributed by atoms with Gasteiger partial charge in [0, 0.05) is 23.7 Å². The predicted molar refractivity (Wildman–Crippen MR) is 89.0 cm³/mol. The van der Waals surface area contributed by atoms with Crippen LogP contribution < -0.4 is 5.32 Å². The fourth-order valence-electron chi connectivity index (χ4n) is 2.47. The zero-order valence-corrected chi connectivity index (χ0v) is 13.5. The Kier molecular flexibility index (Phi) is 3.59. The zero-order chi connectivity index (χ0) is 15.0.